The van der Waals surface area contributed by atoms with E-state index >= 15 is 0 Å². The van der Waals surface area contributed by atoms with E-state index in [2.05, 4.69) is 32.3 Å². The molecule has 0 saturated carbocycles. The number of likely N-dealkylation sites (N-methyl/N-ethyl adjacent to an activating group) is 1. The highest BCUT2D eigenvalue weighted by atomic mass is 16.1. The van der Waals surface area contributed by atoms with Gasteiger partial charge in [0.2, 0.25) is 0 Å². The normalized spacial score (nSPS) is 19.0. The van der Waals surface area contributed by atoms with Crippen molar-refractivity contribution in [3.63, 3.8) is 0 Å². The third-order valence-electron chi connectivity index (χ3n) is 4.10. The zero-order valence-electron chi connectivity index (χ0n) is 12.7. The molecule has 1 atom stereocenters. The summed E-state index contributed by atoms with van der Waals surface area (Å²) in [6, 6.07) is 7.68. The van der Waals surface area contributed by atoms with E-state index < -0.39 is 0 Å². The van der Waals surface area contributed by atoms with E-state index in [1.54, 1.807) is 0 Å². The molecule has 1 aliphatic heterocycles. The quantitative estimate of drug-likeness (QED) is 0.901. The molecule has 6 heteroatoms. The first kappa shape index (κ1) is 14.7. The number of aromatic amines is 1. The number of hydrogen-bond donors (Lipinski definition) is 2. The average molecular weight is 299 g/mol. The van der Waals surface area contributed by atoms with Gasteiger partial charge in [-0.2, -0.15) is 5.10 Å². The van der Waals surface area contributed by atoms with Crippen molar-refractivity contribution < 1.29 is 4.79 Å². The minimum atomic E-state index is -0.0238. The lowest BCUT2D eigenvalue weighted by Crippen LogP contribution is -2.47. The van der Waals surface area contributed by atoms with Crippen LogP contribution in [0.1, 0.15) is 30.1 Å². The van der Waals surface area contributed by atoms with Gasteiger partial charge in [0, 0.05) is 23.7 Å². The van der Waals surface area contributed by atoms with Crippen LogP contribution in [0.3, 0.4) is 0 Å². The monoisotopic (exact) mass is 299 g/mol. The van der Waals surface area contributed by atoms with Crippen molar-refractivity contribution in [1.82, 2.24) is 25.4 Å². The van der Waals surface area contributed by atoms with Crippen LogP contribution in [-0.4, -0.2) is 51.7 Å². The van der Waals surface area contributed by atoms with E-state index in [1.807, 2.05) is 24.3 Å². The largest absolute Gasteiger partial charge is 0.348 e. The molecule has 1 saturated heterocycles. The van der Waals surface area contributed by atoms with Crippen LogP contribution in [0, 0.1) is 0 Å². The Morgan fingerprint density at radius 2 is 2.41 bits per heavy atom. The van der Waals surface area contributed by atoms with Crippen LogP contribution in [0.25, 0.3) is 11.4 Å². The summed E-state index contributed by atoms with van der Waals surface area (Å²) in [5, 5.41) is 9.80. The van der Waals surface area contributed by atoms with E-state index in [9.17, 15) is 4.79 Å². The number of piperidine rings is 1. The Hall–Kier alpha value is -2.21. The van der Waals surface area contributed by atoms with Gasteiger partial charge in [0.15, 0.2) is 5.82 Å². The molecule has 116 valence electrons. The summed E-state index contributed by atoms with van der Waals surface area (Å²) >= 11 is 0. The summed E-state index contributed by atoms with van der Waals surface area (Å²) in [6.07, 6.45) is 3.64. The van der Waals surface area contributed by atoms with Crippen molar-refractivity contribution in [3.05, 3.63) is 36.2 Å². The van der Waals surface area contributed by atoms with Gasteiger partial charge in [0.25, 0.3) is 5.91 Å². The van der Waals surface area contributed by atoms with E-state index in [0.29, 0.717) is 11.4 Å². The Kier molecular flexibility index (Phi) is 4.48. The van der Waals surface area contributed by atoms with Gasteiger partial charge in [0.05, 0.1) is 0 Å². The standard InChI is InChI=1S/C16H21N5O/c1-2-21-8-4-7-14(10-21)19-16(22)13-6-3-5-12(9-13)15-17-11-18-20-15/h3,5-6,9,11,14H,2,4,7-8,10H2,1H3,(H,19,22)(H,17,18,20). The second-order valence-corrected chi connectivity index (χ2v) is 5.62. The predicted octanol–water partition coefficient (Wildman–Crippen LogP) is 1.69. The van der Waals surface area contributed by atoms with Gasteiger partial charge < -0.3 is 10.2 Å². The lowest BCUT2D eigenvalue weighted by molar-refractivity contribution is 0.0906. The van der Waals surface area contributed by atoms with Crippen LogP contribution in [0.15, 0.2) is 30.6 Å². The molecule has 0 aliphatic carbocycles. The molecule has 1 amide bonds. The van der Waals surface area contributed by atoms with Crippen LogP contribution < -0.4 is 5.32 Å². The Bertz CT molecular complexity index is 625. The SMILES string of the molecule is CCN1CCCC(NC(=O)c2cccc(-c3ncn[nH]3)c2)C1. The first-order valence-corrected chi connectivity index (χ1v) is 7.75. The van der Waals surface area contributed by atoms with E-state index in [-0.39, 0.29) is 11.9 Å². The molecule has 2 N–H and O–H groups in total. The molecular formula is C16H21N5O. The van der Waals surface area contributed by atoms with Gasteiger partial charge in [-0.15, -0.1) is 0 Å². The smallest absolute Gasteiger partial charge is 0.251 e. The molecule has 1 aromatic heterocycles. The van der Waals surface area contributed by atoms with Crippen molar-refractivity contribution in [2.24, 2.45) is 0 Å². The fourth-order valence-electron chi connectivity index (χ4n) is 2.88. The topological polar surface area (TPSA) is 73.9 Å². The van der Waals surface area contributed by atoms with Crippen LogP contribution in [0.5, 0.6) is 0 Å². The minimum absolute atomic E-state index is 0.0238. The molecule has 1 aliphatic rings. The van der Waals surface area contributed by atoms with Crippen molar-refractivity contribution >= 4 is 5.91 Å². The van der Waals surface area contributed by atoms with Gasteiger partial charge in [-0.3, -0.25) is 9.89 Å². The Labute approximate surface area is 129 Å². The number of nitrogens with zero attached hydrogens (tertiary/aromatic N) is 3. The van der Waals surface area contributed by atoms with Crippen LogP contribution in [0.2, 0.25) is 0 Å². The molecule has 22 heavy (non-hydrogen) atoms. The molecule has 1 aromatic carbocycles. The number of aromatic nitrogens is 3. The number of carbonyl (C=O) groups is 1. The Morgan fingerprint density at radius 1 is 1.50 bits per heavy atom. The molecule has 0 radical (unpaired) electrons. The summed E-state index contributed by atoms with van der Waals surface area (Å²) in [5.74, 6) is 0.647. The third-order valence-corrected chi connectivity index (χ3v) is 4.10. The number of carbonyl (C=O) groups excluding carboxylic acids is 1. The zero-order chi connectivity index (χ0) is 15.4. The van der Waals surface area contributed by atoms with Gasteiger partial charge in [-0.05, 0) is 38.1 Å². The molecule has 0 bridgehead atoms. The lowest BCUT2D eigenvalue weighted by atomic mass is 10.0. The molecule has 3 rings (SSSR count). The van der Waals surface area contributed by atoms with Crippen LogP contribution in [0.4, 0.5) is 0 Å². The van der Waals surface area contributed by atoms with Crippen molar-refractivity contribution in [2.75, 3.05) is 19.6 Å². The number of nitrogens with one attached hydrogen (secondary N) is 2. The summed E-state index contributed by atoms with van der Waals surface area (Å²) in [5.41, 5.74) is 1.52. The number of hydrogen-bond acceptors (Lipinski definition) is 4. The highest BCUT2D eigenvalue weighted by Gasteiger charge is 2.21. The first-order valence-electron chi connectivity index (χ1n) is 7.75. The highest BCUT2D eigenvalue weighted by Crippen LogP contribution is 2.16. The number of likely N-dealkylation sites (tertiary alicyclic amines) is 1. The van der Waals surface area contributed by atoms with Gasteiger partial charge in [-0.25, -0.2) is 4.98 Å². The number of H-pyrrole nitrogens is 1. The average Bonchev–Trinajstić information content (AvgIpc) is 3.09. The molecule has 6 nitrogen and oxygen atoms in total. The second-order valence-electron chi connectivity index (χ2n) is 5.62. The molecule has 1 fully saturated rings. The summed E-state index contributed by atoms with van der Waals surface area (Å²) in [6.45, 7) is 5.26. The maximum atomic E-state index is 12.5. The van der Waals surface area contributed by atoms with E-state index in [0.717, 1.165) is 38.0 Å². The number of amides is 1. The van der Waals surface area contributed by atoms with Gasteiger partial charge >= 0.3 is 0 Å². The van der Waals surface area contributed by atoms with E-state index in [4.69, 9.17) is 0 Å². The Balaban J connectivity index is 1.68. The molecule has 2 heterocycles. The molecule has 0 spiro atoms. The van der Waals surface area contributed by atoms with Gasteiger partial charge in [-0.1, -0.05) is 19.1 Å². The van der Waals surface area contributed by atoms with Crippen LogP contribution in [-0.2, 0) is 0 Å². The van der Waals surface area contributed by atoms with Crippen molar-refractivity contribution in [2.45, 2.75) is 25.8 Å². The summed E-state index contributed by atoms with van der Waals surface area (Å²) in [4.78, 5) is 18.9. The second kappa shape index (κ2) is 6.70. The fourth-order valence-corrected chi connectivity index (χ4v) is 2.88. The maximum absolute atomic E-state index is 12.5. The molecule has 2 aromatic rings. The minimum Gasteiger partial charge on any atom is -0.348 e. The maximum Gasteiger partial charge on any atom is 0.251 e. The first-order chi connectivity index (χ1) is 10.8. The Morgan fingerprint density at radius 3 is 3.18 bits per heavy atom. The van der Waals surface area contributed by atoms with Gasteiger partial charge in [0.1, 0.15) is 6.33 Å². The summed E-state index contributed by atoms with van der Waals surface area (Å²) < 4.78 is 0. The number of rotatable bonds is 4. The van der Waals surface area contributed by atoms with E-state index in [1.165, 1.54) is 6.33 Å². The zero-order valence-corrected chi connectivity index (χ0v) is 12.7. The molecule has 1 unspecified atom stereocenters. The third kappa shape index (κ3) is 3.33. The lowest BCUT2D eigenvalue weighted by Gasteiger charge is -2.32. The number of benzene rings is 1. The van der Waals surface area contributed by atoms with Crippen LogP contribution >= 0.6 is 0 Å². The fraction of sp³-hybridized carbons (Fsp3) is 0.438. The predicted molar refractivity (Wildman–Crippen MR) is 84.4 cm³/mol. The highest BCUT2D eigenvalue weighted by molar-refractivity contribution is 5.95. The summed E-state index contributed by atoms with van der Waals surface area (Å²) in [7, 11) is 0. The molecular weight excluding hydrogens is 278 g/mol. The van der Waals surface area contributed by atoms with Crippen molar-refractivity contribution in [1.29, 1.82) is 0 Å². The van der Waals surface area contributed by atoms with Crippen molar-refractivity contribution in [3.8, 4) is 11.4 Å².